The Labute approximate surface area is 208 Å². The first-order valence-electron chi connectivity index (χ1n) is 11.9. The van der Waals surface area contributed by atoms with Crippen molar-refractivity contribution in [3.05, 3.63) is 47.0 Å². The van der Waals surface area contributed by atoms with E-state index >= 15 is 0 Å². The minimum Gasteiger partial charge on any atom is -0.490 e. The number of amides is 2. The maximum Gasteiger partial charge on any atom is 0.407 e. The molecule has 0 radical (unpaired) electrons. The standard InChI is InChI=1S/C26H28N2O8/c1-14-8-20(23-21(9-14)35-26(2,3)36-24(23)30)33-13-16-10-18(12-28(16)25(31)32)34-17-6-4-15-5-7-22(29)27-19(15)11-17/h4,6,8-9,11,16,18H,5,7,10,12-13H2,1-3H3,(H,27,29)(H,31,32)/t16-,18+/m1/s1. The summed E-state index contributed by atoms with van der Waals surface area (Å²) in [6.45, 7) is 5.34. The smallest absolute Gasteiger partial charge is 0.407 e. The van der Waals surface area contributed by atoms with Crippen molar-refractivity contribution < 1.29 is 38.4 Å². The number of cyclic esters (lactones) is 1. The van der Waals surface area contributed by atoms with Gasteiger partial charge >= 0.3 is 12.1 Å². The molecule has 2 aromatic rings. The van der Waals surface area contributed by atoms with E-state index in [1.165, 1.54) is 4.90 Å². The minimum absolute atomic E-state index is 0.0268. The Balaban J connectivity index is 1.30. The van der Waals surface area contributed by atoms with Gasteiger partial charge in [-0.05, 0) is 42.7 Å². The number of carboxylic acid groups (broad SMARTS) is 1. The van der Waals surface area contributed by atoms with E-state index in [1.54, 1.807) is 32.0 Å². The predicted molar refractivity (Wildman–Crippen MR) is 128 cm³/mol. The Bertz CT molecular complexity index is 1240. The van der Waals surface area contributed by atoms with Gasteiger partial charge in [-0.15, -0.1) is 0 Å². The van der Waals surface area contributed by atoms with Crippen LogP contribution in [0.25, 0.3) is 0 Å². The molecule has 2 aromatic carbocycles. The van der Waals surface area contributed by atoms with Gasteiger partial charge in [0.15, 0.2) is 0 Å². The zero-order valence-electron chi connectivity index (χ0n) is 20.3. The monoisotopic (exact) mass is 496 g/mol. The Hall–Kier alpha value is -3.95. The highest BCUT2D eigenvalue weighted by Gasteiger charge is 2.39. The number of likely N-dealkylation sites (tertiary alicyclic amines) is 1. The van der Waals surface area contributed by atoms with Crippen molar-refractivity contribution in [1.82, 2.24) is 4.90 Å². The summed E-state index contributed by atoms with van der Waals surface area (Å²) >= 11 is 0. The molecule has 3 aliphatic rings. The summed E-state index contributed by atoms with van der Waals surface area (Å²) in [5.41, 5.74) is 2.78. The molecule has 3 heterocycles. The van der Waals surface area contributed by atoms with Crippen LogP contribution in [0.3, 0.4) is 0 Å². The van der Waals surface area contributed by atoms with Crippen molar-refractivity contribution in [2.24, 2.45) is 0 Å². The zero-order chi connectivity index (χ0) is 25.6. The summed E-state index contributed by atoms with van der Waals surface area (Å²) in [6.07, 6.45) is 0.0560. The van der Waals surface area contributed by atoms with Crippen LogP contribution in [-0.4, -0.2) is 59.1 Å². The molecule has 1 saturated heterocycles. The number of anilines is 1. The summed E-state index contributed by atoms with van der Waals surface area (Å²) in [6, 6.07) is 8.48. The summed E-state index contributed by atoms with van der Waals surface area (Å²) < 4.78 is 23.2. The number of benzene rings is 2. The van der Waals surface area contributed by atoms with Crippen molar-refractivity contribution in [2.75, 3.05) is 18.5 Å². The molecule has 3 aliphatic heterocycles. The molecule has 10 heteroatoms. The fourth-order valence-corrected chi connectivity index (χ4v) is 4.83. The van der Waals surface area contributed by atoms with Gasteiger partial charge < -0.3 is 29.4 Å². The normalized spacial score (nSPS) is 22.0. The first kappa shape index (κ1) is 23.8. The van der Waals surface area contributed by atoms with E-state index in [9.17, 15) is 19.5 Å². The molecule has 1 fully saturated rings. The van der Waals surface area contributed by atoms with Gasteiger partial charge in [-0.25, -0.2) is 9.59 Å². The van der Waals surface area contributed by atoms with E-state index in [0.29, 0.717) is 30.8 Å². The number of fused-ring (bicyclic) bond motifs is 2. The molecule has 10 nitrogen and oxygen atoms in total. The van der Waals surface area contributed by atoms with Gasteiger partial charge in [0.2, 0.25) is 11.7 Å². The van der Waals surface area contributed by atoms with Crippen LogP contribution < -0.4 is 19.5 Å². The van der Waals surface area contributed by atoms with Crippen molar-refractivity contribution in [2.45, 2.75) is 58.0 Å². The van der Waals surface area contributed by atoms with Gasteiger partial charge in [0.1, 0.15) is 35.5 Å². The van der Waals surface area contributed by atoms with Crippen molar-refractivity contribution in [1.29, 1.82) is 0 Å². The summed E-state index contributed by atoms with van der Waals surface area (Å²) in [5.74, 6) is -0.475. The molecule has 36 heavy (non-hydrogen) atoms. The lowest BCUT2D eigenvalue weighted by molar-refractivity contribution is -0.127. The highest BCUT2D eigenvalue weighted by atomic mass is 16.7. The lowest BCUT2D eigenvalue weighted by atomic mass is 10.0. The molecule has 0 saturated carbocycles. The van der Waals surface area contributed by atoms with Crippen LogP contribution in [0.2, 0.25) is 0 Å². The van der Waals surface area contributed by atoms with Crippen molar-refractivity contribution in [3.8, 4) is 17.2 Å². The van der Waals surface area contributed by atoms with Crippen LogP contribution in [0.15, 0.2) is 30.3 Å². The minimum atomic E-state index is -1.09. The van der Waals surface area contributed by atoms with Gasteiger partial charge in [-0.3, -0.25) is 9.69 Å². The molecule has 2 atom stereocenters. The molecule has 0 aliphatic carbocycles. The lowest BCUT2D eigenvalue weighted by Gasteiger charge is -2.32. The molecule has 0 spiro atoms. The number of nitrogens with one attached hydrogen (secondary N) is 1. The number of esters is 1. The second-order valence-electron chi connectivity index (χ2n) is 9.77. The Morgan fingerprint density at radius 1 is 1.19 bits per heavy atom. The Morgan fingerprint density at radius 2 is 2.00 bits per heavy atom. The van der Waals surface area contributed by atoms with Crippen LogP contribution >= 0.6 is 0 Å². The maximum atomic E-state index is 12.6. The first-order chi connectivity index (χ1) is 17.1. The molecule has 0 unspecified atom stereocenters. The number of ether oxygens (including phenoxy) is 4. The van der Waals surface area contributed by atoms with E-state index in [0.717, 1.165) is 16.8 Å². The van der Waals surface area contributed by atoms with E-state index in [2.05, 4.69) is 5.32 Å². The Morgan fingerprint density at radius 3 is 2.78 bits per heavy atom. The number of hydrogen-bond acceptors (Lipinski definition) is 7. The molecule has 2 N–H and O–H groups in total. The number of aryl methyl sites for hydroxylation is 2. The molecule has 0 bridgehead atoms. The third-order valence-electron chi connectivity index (χ3n) is 6.44. The Kier molecular flexibility index (Phi) is 5.89. The molecular weight excluding hydrogens is 468 g/mol. The van der Waals surface area contributed by atoms with E-state index in [-0.39, 0.29) is 30.4 Å². The second-order valence-corrected chi connectivity index (χ2v) is 9.77. The van der Waals surface area contributed by atoms with Crippen LogP contribution in [0.4, 0.5) is 10.5 Å². The molecular formula is C26H28N2O8. The number of nitrogens with zero attached hydrogens (tertiary/aromatic N) is 1. The fourth-order valence-electron chi connectivity index (χ4n) is 4.83. The predicted octanol–water partition coefficient (Wildman–Crippen LogP) is 3.74. The highest BCUT2D eigenvalue weighted by Crippen LogP contribution is 2.38. The summed E-state index contributed by atoms with van der Waals surface area (Å²) in [5, 5.41) is 12.6. The van der Waals surface area contributed by atoms with Gasteiger partial charge in [-0.2, -0.15) is 0 Å². The average molecular weight is 497 g/mol. The average Bonchev–Trinajstić information content (AvgIpc) is 3.18. The molecule has 2 amide bonds. The molecule has 190 valence electrons. The third-order valence-corrected chi connectivity index (χ3v) is 6.44. The van der Waals surface area contributed by atoms with Crippen molar-refractivity contribution >= 4 is 23.7 Å². The number of hydrogen-bond donors (Lipinski definition) is 2. The molecule has 5 rings (SSSR count). The summed E-state index contributed by atoms with van der Waals surface area (Å²) in [7, 11) is 0. The van der Waals surface area contributed by atoms with E-state index in [4.69, 9.17) is 18.9 Å². The topological polar surface area (TPSA) is 124 Å². The highest BCUT2D eigenvalue weighted by molar-refractivity contribution is 5.97. The van der Waals surface area contributed by atoms with Gasteiger partial charge in [-0.1, -0.05) is 6.07 Å². The largest absolute Gasteiger partial charge is 0.490 e. The van der Waals surface area contributed by atoms with Crippen LogP contribution in [0.1, 0.15) is 48.2 Å². The maximum absolute atomic E-state index is 12.6. The van der Waals surface area contributed by atoms with Gasteiger partial charge in [0.25, 0.3) is 0 Å². The van der Waals surface area contributed by atoms with Crippen LogP contribution in [-0.2, 0) is 16.0 Å². The first-order valence-corrected chi connectivity index (χ1v) is 11.9. The van der Waals surface area contributed by atoms with Crippen molar-refractivity contribution in [3.63, 3.8) is 0 Å². The third kappa shape index (κ3) is 4.75. The number of carbonyl (C=O) groups is 3. The summed E-state index contributed by atoms with van der Waals surface area (Å²) in [4.78, 5) is 37.6. The van der Waals surface area contributed by atoms with E-state index in [1.807, 2.05) is 19.1 Å². The van der Waals surface area contributed by atoms with Crippen LogP contribution in [0.5, 0.6) is 17.2 Å². The fraction of sp³-hybridized carbons (Fsp3) is 0.423. The van der Waals surface area contributed by atoms with E-state index < -0.39 is 30.0 Å². The lowest BCUT2D eigenvalue weighted by Crippen LogP contribution is -2.40. The number of rotatable bonds is 5. The quantitative estimate of drug-likeness (QED) is 0.600. The van der Waals surface area contributed by atoms with Gasteiger partial charge in [0, 0.05) is 38.4 Å². The second kappa shape index (κ2) is 8.92. The van der Waals surface area contributed by atoms with Gasteiger partial charge in [0.05, 0.1) is 12.6 Å². The SMILES string of the molecule is Cc1cc(OC[C@H]2C[C@H](Oc3ccc4c(c3)NC(=O)CC4)CN2C(=O)O)c2c(c1)OC(C)(C)OC2=O. The zero-order valence-corrected chi connectivity index (χ0v) is 20.3. The number of carbonyl (C=O) groups excluding carboxylic acids is 2. The van der Waals surface area contributed by atoms with Crippen LogP contribution in [0, 0.1) is 6.92 Å². The molecule has 0 aromatic heterocycles.